The summed E-state index contributed by atoms with van der Waals surface area (Å²) in [6, 6.07) is 17.7. The first-order chi connectivity index (χ1) is 15.2. The van der Waals surface area contributed by atoms with Gasteiger partial charge in [0.25, 0.3) is 0 Å². The van der Waals surface area contributed by atoms with Crippen molar-refractivity contribution in [2.45, 2.75) is 11.4 Å². The Bertz CT molecular complexity index is 1220. The van der Waals surface area contributed by atoms with Crippen molar-refractivity contribution in [3.8, 4) is 5.75 Å². The van der Waals surface area contributed by atoms with Crippen molar-refractivity contribution in [2.75, 3.05) is 19.0 Å². The van der Waals surface area contributed by atoms with Crippen LogP contribution in [0.3, 0.4) is 0 Å². The van der Waals surface area contributed by atoms with Gasteiger partial charge in [0.15, 0.2) is 0 Å². The summed E-state index contributed by atoms with van der Waals surface area (Å²) in [6.45, 7) is -0.479. The molecule has 0 saturated carbocycles. The molecule has 3 aromatic carbocycles. The number of methoxy groups -OCH3 is 1. The molecule has 3 rings (SSSR count). The van der Waals surface area contributed by atoms with E-state index in [1.165, 1.54) is 37.4 Å². The minimum atomic E-state index is -4.08. The minimum Gasteiger partial charge on any atom is -0.495 e. The van der Waals surface area contributed by atoms with E-state index in [-0.39, 0.29) is 27.2 Å². The van der Waals surface area contributed by atoms with Crippen LogP contribution in [0.5, 0.6) is 5.75 Å². The molecule has 1 amide bonds. The lowest BCUT2D eigenvalue weighted by Gasteiger charge is -2.22. The zero-order valence-corrected chi connectivity index (χ0v) is 20.0. The molecule has 3 aromatic rings. The summed E-state index contributed by atoms with van der Waals surface area (Å²) in [6.07, 6.45) is 0. The lowest BCUT2D eigenvalue weighted by Crippen LogP contribution is -2.37. The van der Waals surface area contributed by atoms with Crippen LogP contribution in [0.25, 0.3) is 0 Å². The quantitative estimate of drug-likeness (QED) is 0.432. The number of hydrogen-bond donors (Lipinski definition) is 1. The Morgan fingerprint density at radius 3 is 2.34 bits per heavy atom. The van der Waals surface area contributed by atoms with Crippen LogP contribution in [0.15, 0.2) is 71.6 Å². The maximum absolute atomic E-state index is 13.4. The standard InChI is InChI=1S/C22H19Cl3N2O4S/c1-31-21-10-8-17(12-19(21)25)32(29,30)27(13-15-5-3-2-4-6-15)14-22(28)26-20-11-16(23)7-9-18(20)24/h2-12H,13-14H2,1H3,(H,26,28). The lowest BCUT2D eigenvalue weighted by molar-refractivity contribution is -0.116. The molecule has 32 heavy (non-hydrogen) atoms. The summed E-state index contributed by atoms with van der Waals surface area (Å²) in [5.41, 5.74) is 0.998. The topological polar surface area (TPSA) is 75.7 Å². The number of halogens is 3. The Morgan fingerprint density at radius 1 is 0.969 bits per heavy atom. The first kappa shape index (κ1) is 24.4. The number of sulfonamides is 1. The molecule has 0 saturated heterocycles. The first-order valence-electron chi connectivity index (χ1n) is 9.33. The van der Waals surface area contributed by atoms with Gasteiger partial charge in [-0.3, -0.25) is 4.79 Å². The molecule has 10 heteroatoms. The summed E-state index contributed by atoms with van der Waals surface area (Å²) in [4.78, 5) is 12.7. The Morgan fingerprint density at radius 2 is 1.69 bits per heavy atom. The first-order valence-corrected chi connectivity index (χ1v) is 11.9. The van der Waals surface area contributed by atoms with Gasteiger partial charge in [-0.25, -0.2) is 8.42 Å². The van der Waals surface area contributed by atoms with E-state index >= 15 is 0 Å². The second-order valence-corrected chi connectivity index (χ2v) is 9.92. The SMILES string of the molecule is COc1ccc(S(=O)(=O)N(CC(=O)Nc2cc(Cl)ccc2Cl)Cc2ccccc2)cc1Cl. The number of hydrogen-bond acceptors (Lipinski definition) is 4. The van der Waals surface area contributed by atoms with Gasteiger partial charge < -0.3 is 10.1 Å². The molecule has 0 bridgehead atoms. The average Bonchev–Trinajstić information content (AvgIpc) is 2.76. The van der Waals surface area contributed by atoms with E-state index in [1.807, 2.05) is 6.07 Å². The molecule has 0 atom stereocenters. The van der Waals surface area contributed by atoms with Gasteiger partial charge in [0.1, 0.15) is 5.75 Å². The average molecular weight is 514 g/mol. The van der Waals surface area contributed by atoms with Crippen molar-refractivity contribution in [3.63, 3.8) is 0 Å². The number of nitrogens with zero attached hydrogens (tertiary/aromatic N) is 1. The molecule has 1 N–H and O–H groups in total. The van der Waals surface area contributed by atoms with Gasteiger partial charge >= 0.3 is 0 Å². The number of ether oxygens (including phenoxy) is 1. The van der Waals surface area contributed by atoms with E-state index in [1.54, 1.807) is 30.3 Å². The molecule has 0 unspecified atom stereocenters. The van der Waals surface area contributed by atoms with Gasteiger partial charge in [0.2, 0.25) is 15.9 Å². The second kappa shape index (κ2) is 10.6. The lowest BCUT2D eigenvalue weighted by atomic mass is 10.2. The Balaban J connectivity index is 1.91. The molecular weight excluding hydrogens is 495 g/mol. The van der Waals surface area contributed by atoms with E-state index in [0.717, 1.165) is 4.31 Å². The van der Waals surface area contributed by atoms with E-state index in [2.05, 4.69) is 5.32 Å². The molecule has 0 fully saturated rings. The zero-order valence-electron chi connectivity index (χ0n) is 16.9. The second-order valence-electron chi connectivity index (χ2n) is 6.73. The summed E-state index contributed by atoms with van der Waals surface area (Å²) in [5, 5.41) is 3.42. The third-order valence-corrected chi connectivity index (χ3v) is 7.13. The van der Waals surface area contributed by atoms with Crippen molar-refractivity contribution in [1.82, 2.24) is 4.31 Å². The van der Waals surface area contributed by atoms with Crippen LogP contribution in [-0.4, -0.2) is 32.3 Å². The van der Waals surface area contributed by atoms with Crippen molar-refractivity contribution >= 4 is 56.4 Å². The fourth-order valence-corrected chi connectivity index (χ4v) is 4.98. The van der Waals surface area contributed by atoms with E-state index in [9.17, 15) is 13.2 Å². The third-order valence-electron chi connectivity index (χ3n) is 4.49. The predicted molar refractivity (Wildman–Crippen MR) is 127 cm³/mol. The van der Waals surface area contributed by atoms with E-state index in [4.69, 9.17) is 39.5 Å². The third kappa shape index (κ3) is 5.94. The maximum Gasteiger partial charge on any atom is 0.243 e. The van der Waals surface area contributed by atoms with Crippen LogP contribution < -0.4 is 10.1 Å². The van der Waals surface area contributed by atoms with Gasteiger partial charge in [-0.05, 0) is 42.0 Å². The minimum absolute atomic E-state index is 0.0243. The number of rotatable bonds is 8. The van der Waals surface area contributed by atoms with Crippen molar-refractivity contribution in [1.29, 1.82) is 0 Å². The monoisotopic (exact) mass is 512 g/mol. The van der Waals surface area contributed by atoms with Gasteiger partial charge in [-0.2, -0.15) is 4.31 Å². The van der Waals surface area contributed by atoms with Gasteiger partial charge in [0.05, 0.1) is 34.3 Å². The highest BCUT2D eigenvalue weighted by molar-refractivity contribution is 7.89. The molecule has 0 heterocycles. The highest BCUT2D eigenvalue weighted by Crippen LogP contribution is 2.29. The summed E-state index contributed by atoms with van der Waals surface area (Å²) < 4.78 is 33.0. The molecule has 168 valence electrons. The maximum atomic E-state index is 13.4. The summed E-state index contributed by atoms with van der Waals surface area (Å²) in [7, 11) is -2.65. The number of amides is 1. The fourth-order valence-electron chi connectivity index (χ4n) is 2.91. The Kier molecular flexibility index (Phi) is 8.03. The summed E-state index contributed by atoms with van der Waals surface area (Å²) >= 11 is 18.2. The molecule has 0 aliphatic carbocycles. The molecule has 0 aliphatic rings. The molecule has 0 aliphatic heterocycles. The zero-order chi connectivity index (χ0) is 23.3. The van der Waals surface area contributed by atoms with Crippen LogP contribution in [0.1, 0.15) is 5.56 Å². The number of anilines is 1. The molecule has 6 nitrogen and oxygen atoms in total. The van der Waals surface area contributed by atoms with Crippen molar-refractivity contribution < 1.29 is 17.9 Å². The largest absolute Gasteiger partial charge is 0.495 e. The van der Waals surface area contributed by atoms with Crippen LogP contribution in [0, 0.1) is 0 Å². The van der Waals surface area contributed by atoms with Crippen LogP contribution in [-0.2, 0) is 21.4 Å². The fraction of sp³-hybridized carbons (Fsp3) is 0.136. The van der Waals surface area contributed by atoms with E-state index < -0.39 is 22.5 Å². The van der Waals surface area contributed by atoms with Crippen LogP contribution >= 0.6 is 34.8 Å². The highest BCUT2D eigenvalue weighted by atomic mass is 35.5. The number of carbonyl (C=O) groups excluding carboxylic acids is 1. The smallest absolute Gasteiger partial charge is 0.243 e. The van der Waals surface area contributed by atoms with Crippen LogP contribution in [0.2, 0.25) is 15.1 Å². The normalized spacial score (nSPS) is 11.4. The van der Waals surface area contributed by atoms with Gasteiger partial charge in [-0.1, -0.05) is 65.1 Å². The highest BCUT2D eigenvalue weighted by Gasteiger charge is 2.28. The summed E-state index contributed by atoms with van der Waals surface area (Å²) in [5.74, 6) is -0.234. The van der Waals surface area contributed by atoms with Crippen molar-refractivity contribution in [3.05, 3.63) is 87.4 Å². The molecular formula is C22H19Cl3N2O4S. The number of benzene rings is 3. The number of nitrogens with one attached hydrogen (secondary N) is 1. The Hall–Kier alpha value is -2.29. The van der Waals surface area contributed by atoms with E-state index in [0.29, 0.717) is 16.3 Å². The predicted octanol–water partition coefficient (Wildman–Crippen LogP) is 5.49. The van der Waals surface area contributed by atoms with Crippen molar-refractivity contribution in [2.24, 2.45) is 0 Å². The Labute approximate surface area is 201 Å². The van der Waals surface area contributed by atoms with Crippen LogP contribution in [0.4, 0.5) is 5.69 Å². The molecule has 0 spiro atoms. The molecule has 0 aromatic heterocycles. The van der Waals surface area contributed by atoms with Gasteiger partial charge in [0, 0.05) is 11.6 Å². The number of carbonyl (C=O) groups is 1. The van der Waals surface area contributed by atoms with Gasteiger partial charge in [-0.15, -0.1) is 0 Å². The molecule has 0 radical (unpaired) electrons.